The predicted molar refractivity (Wildman–Crippen MR) is 112 cm³/mol. The highest BCUT2D eigenvalue weighted by molar-refractivity contribution is 7.13. The molecule has 0 aliphatic rings. The number of thiophene rings is 1. The molecule has 0 spiro atoms. The molecule has 1 heterocycles. The van der Waals surface area contributed by atoms with E-state index in [4.69, 9.17) is 11.6 Å². The number of hydrogen-bond donors (Lipinski definition) is 3. The van der Waals surface area contributed by atoms with Crippen LogP contribution in [0, 0.1) is 0 Å². The lowest BCUT2D eigenvalue weighted by molar-refractivity contribution is 0.171. The number of benzene rings is 2. The molecule has 0 radical (unpaired) electrons. The van der Waals surface area contributed by atoms with E-state index in [1.165, 1.54) is 10.4 Å². The maximum atomic E-state index is 10.3. The summed E-state index contributed by atoms with van der Waals surface area (Å²) in [5.41, 5.74) is 3.15. The van der Waals surface area contributed by atoms with Crippen molar-refractivity contribution in [1.29, 1.82) is 0 Å². The zero-order chi connectivity index (χ0) is 18.4. The Morgan fingerprint density at radius 3 is 2.65 bits per heavy atom. The van der Waals surface area contributed by atoms with Crippen molar-refractivity contribution in [2.75, 3.05) is 18.4 Å². The van der Waals surface area contributed by atoms with Crippen LogP contribution in [-0.2, 0) is 0 Å². The number of anilines is 1. The van der Waals surface area contributed by atoms with Crippen molar-refractivity contribution >= 4 is 28.6 Å². The Morgan fingerprint density at radius 2 is 1.88 bits per heavy atom. The van der Waals surface area contributed by atoms with E-state index >= 15 is 0 Å². The van der Waals surface area contributed by atoms with Crippen molar-refractivity contribution in [2.45, 2.75) is 19.1 Å². The highest BCUT2D eigenvalue weighted by atomic mass is 35.5. The van der Waals surface area contributed by atoms with Crippen LogP contribution >= 0.6 is 22.9 Å². The first-order valence-electron chi connectivity index (χ1n) is 8.66. The summed E-state index contributed by atoms with van der Waals surface area (Å²) < 4.78 is 0. The van der Waals surface area contributed by atoms with Gasteiger partial charge in [-0.15, -0.1) is 11.3 Å². The molecule has 0 unspecified atom stereocenters. The summed E-state index contributed by atoms with van der Waals surface area (Å²) in [5.74, 6) is 0. The highest BCUT2D eigenvalue weighted by Gasteiger charge is 2.10. The molecule has 0 fully saturated rings. The third-order valence-corrected chi connectivity index (χ3v) is 5.33. The number of nitrogens with one attached hydrogen (secondary N) is 2. The summed E-state index contributed by atoms with van der Waals surface area (Å²) in [7, 11) is 0. The Bertz CT molecular complexity index is 822. The SMILES string of the molecule is C[C@H](CNc1cccc(-c2cccs2)c1)NC[C@H](O)c1cccc(Cl)c1. The van der Waals surface area contributed by atoms with Crippen LogP contribution in [0.2, 0.25) is 5.02 Å². The van der Waals surface area contributed by atoms with Gasteiger partial charge in [-0.05, 0) is 53.8 Å². The molecule has 136 valence electrons. The predicted octanol–water partition coefficient (Wildman–Crippen LogP) is 5.19. The smallest absolute Gasteiger partial charge is 0.0915 e. The van der Waals surface area contributed by atoms with Crippen molar-refractivity contribution < 1.29 is 5.11 Å². The molecule has 0 saturated carbocycles. The van der Waals surface area contributed by atoms with Crippen LogP contribution in [0.5, 0.6) is 0 Å². The van der Waals surface area contributed by atoms with E-state index in [1.54, 1.807) is 17.4 Å². The monoisotopic (exact) mass is 386 g/mol. The molecule has 3 nitrogen and oxygen atoms in total. The van der Waals surface area contributed by atoms with E-state index in [0.29, 0.717) is 11.6 Å². The van der Waals surface area contributed by atoms with Gasteiger partial charge in [-0.1, -0.05) is 41.9 Å². The Labute approximate surface area is 163 Å². The molecule has 3 rings (SSSR count). The normalized spacial score (nSPS) is 13.3. The molecule has 0 saturated heterocycles. The molecule has 1 aromatic heterocycles. The average Bonchev–Trinajstić information content (AvgIpc) is 3.19. The van der Waals surface area contributed by atoms with Gasteiger partial charge in [0, 0.05) is 34.7 Å². The summed E-state index contributed by atoms with van der Waals surface area (Å²) in [6, 6.07) is 20.2. The fraction of sp³-hybridized carbons (Fsp3) is 0.238. The van der Waals surface area contributed by atoms with Gasteiger partial charge in [0.05, 0.1) is 6.10 Å². The van der Waals surface area contributed by atoms with Gasteiger partial charge in [-0.25, -0.2) is 0 Å². The number of aliphatic hydroxyl groups is 1. The van der Waals surface area contributed by atoms with Crippen LogP contribution < -0.4 is 10.6 Å². The molecular formula is C21H23ClN2OS. The molecule has 5 heteroatoms. The van der Waals surface area contributed by atoms with Gasteiger partial charge in [0.1, 0.15) is 0 Å². The quantitative estimate of drug-likeness (QED) is 0.499. The van der Waals surface area contributed by atoms with Gasteiger partial charge in [0.25, 0.3) is 0 Å². The summed E-state index contributed by atoms with van der Waals surface area (Å²) in [4.78, 5) is 1.27. The Balaban J connectivity index is 1.48. The molecule has 2 aromatic carbocycles. The fourth-order valence-corrected chi connectivity index (χ4v) is 3.64. The Kier molecular flexibility index (Phi) is 6.69. The largest absolute Gasteiger partial charge is 0.387 e. The van der Waals surface area contributed by atoms with E-state index in [2.05, 4.69) is 59.3 Å². The second-order valence-corrected chi connectivity index (χ2v) is 7.70. The Hall–Kier alpha value is -1.85. The summed E-state index contributed by atoms with van der Waals surface area (Å²) >= 11 is 7.72. The molecular weight excluding hydrogens is 364 g/mol. The topological polar surface area (TPSA) is 44.3 Å². The number of aliphatic hydroxyl groups excluding tert-OH is 1. The molecule has 0 amide bonds. The van der Waals surface area contributed by atoms with Gasteiger partial charge in [0.15, 0.2) is 0 Å². The van der Waals surface area contributed by atoms with Crippen molar-refractivity contribution in [3.63, 3.8) is 0 Å². The first kappa shape index (κ1) is 18.9. The minimum Gasteiger partial charge on any atom is -0.387 e. The minimum absolute atomic E-state index is 0.217. The van der Waals surface area contributed by atoms with Crippen LogP contribution in [-0.4, -0.2) is 24.2 Å². The molecule has 3 N–H and O–H groups in total. The Morgan fingerprint density at radius 1 is 1.04 bits per heavy atom. The van der Waals surface area contributed by atoms with Crippen molar-refractivity contribution in [3.05, 3.63) is 76.6 Å². The molecule has 0 aliphatic heterocycles. The first-order valence-corrected chi connectivity index (χ1v) is 9.92. The number of hydrogen-bond acceptors (Lipinski definition) is 4. The van der Waals surface area contributed by atoms with Crippen LogP contribution in [0.1, 0.15) is 18.6 Å². The van der Waals surface area contributed by atoms with Crippen LogP contribution in [0.3, 0.4) is 0 Å². The third-order valence-electron chi connectivity index (χ3n) is 4.17. The van der Waals surface area contributed by atoms with Gasteiger partial charge < -0.3 is 15.7 Å². The number of halogens is 1. The van der Waals surface area contributed by atoms with E-state index in [0.717, 1.165) is 17.8 Å². The van der Waals surface area contributed by atoms with E-state index < -0.39 is 6.10 Å². The molecule has 0 bridgehead atoms. The second-order valence-electron chi connectivity index (χ2n) is 6.32. The molecule has 26 heavy (non-hydrogen) atoms. The lowest BCUT2D eigenvalue weighted by Gasteiger charge is -2.19. The van der Waals surface area contributed by atoms with Gasteiger partial charge in [-0.2, -0.15) is 0 Å². The van der Waals surface area contributed by atoms with E-state index in [1.807, 2.05) is 18.2 Å². The maximum Gasteiger partial charge on any atom is 0.0915 e. The standard InChI is InChI=1S/C21H23ClN2OS/c1-15(23-14-20(25)16-5-2-7-18(22)11-16)13-24-19-8-3-6-17(12-19)21-9-4-10-26-21/h2-12,15,20,23-25H,13-14H2,1H3/t15-,20+/m1/s1. The first-order chi connectivity index (χ1) is 12.6. The van der Waals surface area contributed by atoms with Gasteiger partial charge in [0.2, 0.25) is 0 Å². The van der Waals surface area contributed by atoms with Crippen molar-refractivity contribution in [1.82, 2.24) is 5.32 Å². The number of rotatable bonds is 8. The zero-order valence-corrected chi connectivity index (χ0v) is 16.2. The van der Waals surface area contributed by atoms with Crippen LogP contribution in [0.4, 0.5) is 5.69 Å². The van der Waals surface area contributed by atoms with Crippen LogP contribution in [0.15, 0.2) is 66.0 Å². The summed E-state index contributed by atoms with van der Waals surface area (Å²) in [5, 5.41) is 19.8. The van der Waals surface area contributed by atoms with Gasteiger partial charge in [-0.3, -0.25) is 0 Å². The average molecular weight is 387 g/mol. The molecule has 3 aromatic rings. The highest BCUT2D eigenvalue weighted by Crippen LogP contribution is 2.26. The summed E-state index contributed by atoms with van der Waals surface area (Å²) in [6.45, 7) is 3.36. The molecule has 0 aliphatic carbocycles. The second kappa shape index (κ2) is 9.19. The van der Waals surface area contributed by atoms with Gasteiger partial charge >= 0.3 is 0 Å². The zero-order valence-electron chi connectivity index (χ0n) is 14.7. The lowest BCUT2D eigenvalue weighted by Crippen LogP contribution is -2.35. The lowest BCUT2D eigenvalue weighted by atomic mass is 10.1. The fourth-order valence-electron chi connectivity index (χ4n) is 2.71. The van der Waals surface area contributed by atoms with E-state index in [9.17, 15) is 5.11 Å². The minimum atomic E-state index is -0.571. The molecule has 2 atom stereocenters. The van der Waals surface area contributed by atoms with Crippen molar-refractivity contribution in [2.24, 2.45) is 0 Å². The van der Waals surface area contributed by atoms with E-state index in [-0.39, 0.29) is 6.04 Å². The van der Waals surface area contributed by atoms with Crippen molar-refractivity contribution in [3.8, 4) is 10.4 Å². The summed E-state index contributed by atoms with van der Waals surface area (Å²) in [6.07, 6.45) is -0.571. The van der Waals surface area contributed by atoms with Crippen LogP contribution in [0.25, 0.3) is 10.4 Å². The third kappa shape index (κ3) is 5.32. The maximum absolute atomic E-state index is 10.3.